The highest BCUT2D eigenvalue weighted by Gasteiger charge is 2.26. The standard InChI is InChI=1S/C14H24F3N3/c1-4-13(5-2)20-7-6-12(19-20)8-11(3)9-18-10-14(15,16)17/h6-7,11,13,18H,4-5,8-10H2,1-3H3. The molecule has 0 aliphatic heterocycles. The van der Waals surface area contributed by atoms with Gasteiger partial charge in [0, 0.05) is 6.20 Å². The summed E-state index contributed by atoms with van der Waals surface area (Å²) in [7, 11) is 0. The normalized spacial score (nSPS) is 13.9. The number of halogens is 3. The van der Waals surface area contributed by atoms with Crippen molar-refractivity contribution < 1.29 is 13.2 Å². The lowest BCUT2D eigenvalue weighted by Crippen LogP contribution is -2.32. The first-order valence-electron chi connectivity index (χ1n) is 7.17. The molecule has 116 valence electrons. The molecule has 1 atom stereocenters. The fourth-order valence-corrected chi connectivity index (χ4v) is 2.24. The van der Waals surface area contributed by atoms with E-state index < -0.39 is 12.7 Å². The zero-order chi connectivity index (χ0) is 15.2. The van der Waals surface area contributed by atoms with E-state index in [4.69, 9.17) is 0 Å². The quantitative estimate of drug-likeness (QED) is 0.793. The lowest BCUT2D eigenvalue weighted by molar-refractivity contribution is -0.125. The topological polar surface area (TPSA) is 29.9 Å². The summed E-state index contributed by atoms with van der Waals surface area (Å²) in [5.41, 5.74) is 0.943. The molecule has 1 rings (SSSR count). The van der Waals surface area contributed by atoms with Crippen LogP contribution in [0.5, 0.6) is 0 Å². The van der Waals surface area contributed by atoms with Gasteiger partial charge in [0.1, 0.15) is 0 Å². The zero-order valence-electron chi connectivity index (χ0n) is 12.4. The number of hydrogen-bond acceptors (Lipinski definition) is 2. The van der Waals surface area contributed by atoms with Gasteiger partial charge in [-0.2, -0.15) is 18.3 Å². The fraction of sp³-hybridized carbons (Fsp3) is 0.786. The van der Waals surface area contributed by atoms with E-state index in [-0.39, 0.29) is 5.92 Å². The summed E-state index contributed by atoms with van der Waals surface area (Å²) in [4.78, 5) is 0. The highest BCUT2D eigenvalue weighted by molar-refractivity contribution is 5.01. The Morgan fingerprint density at radius 2 is 1.95 bits per heavy atom. The number of alkyl halides is 3. The van der Waals surface area contributed by atoms with Gasteiger partial charge in [0.2, 0.25) is 0 Å². The van der Waals surface area contributed by atoms with E-state index in [1.165, 1.54) is 0 Å². The second-order valence-corrected chi connectivity index (χ2v) is 5.31. The smallest absolute Gasteiger partial charge is 0.308 e. The van der Waals surface area contributed by atoms with Crippen LogP contribution in [-0.4, -0.2) is 29.0 Å². The summed E-state index contributed by atoms with van der Waals surface area (Å²) >= 11 is 0. The van der Waals surface area contributed by atoms with Gasteiger partial charge in [-0.25, -0.2) is 0 Å². The van der Waals surface area contributed by atoms with Gasteiger partial charge in [0.05, 0.1) is 18.3 Å². The van der Waals surface area contributed by atoms with E-state index in [0.29, 0.717) is 19.0 Å². The molecular formula is C14H24F3N3. The Bertz CT molecular complexity index is 383. The Labute approximate surface area is 118 Å². The van der Waals surface area contributed by atoms with Gasteiger partial charge >= 0.3 is 6.18 Å². The van der Waals surface area contributed by atoms with Crippen LogP contribution >= 0.6 is 0 Å². The van der Waals surface area contributed by atoms with Crippen molar-refractivity contribution in [3.8, 4) is 0 Å². The van der Waals surface area contributed by atoms with E-state index in [1.54, 1.807) is 0 Å². The zero-order valence-corrected chi connectivity index (χ0v) is 12.4. The molecule has 0 spiro atoms. The van der Waals surface area contributed by atoms with Crippen molar-refractivity contribution in [2.75, 3.05) is 13.1 Å². The Hall–Kier alpha value is -1.04. The van der Waals surface area contributed by atoms with Crippen LogP contribution in [0.15, 0.2) is 12.3 Å². The van der Waals surface area contributed by atoms with Gasteiger partial charge in [0.25, 0.3) is 0 Å². The Kier molecular flexibility index (Phi) is 6.52. The van der Waals surface area contributed by atoms with Crippen LogP contribution in [0.4, 0.5) is 13.2 Å². The third kappa shape index (κ3) is 5.94. The minimum atomic E-state index is -4.14. The van der Waals surface area contributed by atoms with Crippen LogP contribution < -0.4 is 5.32 Å². The summed E-state index contributed by atoms with van der Waals surface area (Å²) < 4.78 is 38.0. The van der Waals surface area contributed by atoms with Crippen LogP contribution in [0.3, 0.4) is 0 Å². The van der Waals surface area contributed by atoms with Crippen molar-refractivity contribution in [3.63, 3.8) is 0 Å². The second kappa shape index (κ2) is 7.67. The first-order chi connectivity index (χ1) is 9.35. The molecule has 0 aliphatic rings. The SMILES string of the molecule is CCC(CC)n1ccc(CC(C)CNCC(F)(F)F)n1. The molecule has 0 amide bonds. The molecule has 3 nitrogen and oxygen atoms in total. The molecule has 0 saturated heterocycles. The summed E-state index contributed by atoms with van der Waals surface area (Å²) in [6.07, 6.45) is 0.568. The molecule has 20 heavy (non-hydrogen) atoms. The van der Waals surface area contributed by atoms with E-state index in [0.717, 1.165) is 18.5 Å². The van der Waals surface area contributed by atoms with Crippen LogP contribution in [-0.2, 0) is 6.42 Å². The molecular weight excluding hydrogens is 267 g/mol. The van der Waals surface area contributed by atoms with Crippen molar-refractivity contribution in [1.82, 2.24) is 15.1 Å². The van der Waals surface area contributed by atoms with Crippen molar-refractivity contribution in [2.24, 2.45) is 5.92 Å². The molecule has 0 aromatic carbocycles. The first-order valence-corrected chi connectivity index (χ1v) is 7.17. The van der Waals surface area contributed by atoms with Gasteiger partial charge in [-0.1, -0.05) is 20.8 Å². The lowest BCUT2D eigenvalue weighted by Gasteiger charge is -2.14. The average molecular weight is 291 g/mol. The molecule has 1 unspecified atom stereocenters. The Balaban J connectivity index is 2.40. The molecule has 0 fully saturated rings. The van der Waals surface area contributed by atoms with Gasteiger partial charge in [-0.05, 0) is 37.8 Å². The maximum absolute atomic E-state index is 12.0. The summed E-state index contributed by atoms with van der Waals surface area (Å²) in [6.45, 7) is 5.59. The summed E-state index contributed by atoms with van der Waals surface area (Å²) in [5, 5.41) is 6.95. The van der Waals surface area contributed by atoms with Crippen LogP contribution in [0.2, 0.25) is 0 Å². The maximum atomic E-state index is 12.0. The molecule has 0 saturated carbocycles. The molecule has 0 bridgehead atoms. The van der Waals surface area contributed by atoms with Crippen molar-refractivity contribution in [2.45, 2.75) is 52.3 Å². The van der Waals surface area contributed by atoms with Crippen LogP contribution in [0.25, 0.3) is 0 Å². The lowest BCUT2D eigenvalue weighted by atomic mass is 10.1. The number of nitrogens with one attached hydrogen (secondary N) is 1. The van der Waals surface area contributed by atoms with E-state index in [9.17, 15) is 13.2 Å². The van der Waals surface area contributed by atoms with E-state index >= 15 is 0 Å². The van der Waals surface area contributed by atoms with E-state index in [1.807, 2.05) is 23.9 Å². The largest absolute Gasteiger partial charge is 0.401 e. The Morgan fingerprint density at radius 1 is 1.30 bits per heavy atom. The number of nitrogens with zero attached hydrogens (tertiary/aromatic N) is 2. The van der Waals surface area contributed by atoms with Gasteiger partial charge in [0.15, 0.2) is 0 Å². The fourth-order valence-electron chi connectivity index (χ4n) is 2.24. The third-order valence-corrected chi connectivity index (χ3v) is 3.36. The second-order valence-electron chi connectivity index (χ2n) is 5.31. The maximum Gasteiger partial charge on any atom is 0.401 e. The molecule has 1 heterocycles. The molecule has 1 N–H and O–H groups in total. The predicted molar refractivity (Wildman–Crippen MR) is 73.6 cm³/mol. The number of aromatic nitrogens is 2. The average Bonchev–Trinajstić information content (AvgIpc) is 2.77. The van der Waals surface area contributed by atoms with Gasteiger partial charge in [-0.3, -0.25) is 4.68 Å². The molecule has 1 aromatic heterocycles. The molecule has 0 aliphatic carbocycles. The van der Waals surface area contributed by atoms with Crippen LogP contribution in [0, 0.1) is 5.92 Å². The van der Waals surface area contributed by atoms with Gasteiger partial charge in [-0.15, -0.1) is 0 Å². The predicted octanol–water partition coefficient (Wildman–Crippen LogP) is 3.57. The van der Waals surface area contributed by atoms with Crippen molar-refractivity contribution in [1.29, 1.82) is 0 Å². The number of hydrogen-bond donors (Lipinski definition) is 1. The first kappa shape index (κ1) is 17.0. The summed E-state index contributed by atoms with van der Waals surface area (Å²) in [5.74, 6) is 0.127. The molecule has 0 radical (unpaired) electrons. The molecule has 1 aromatic rings. The highest BCUT2D eigenvalue weighted by atomic mass is 19.4. The van der Waals surface area contributed by atoms with Crippen molar-refractivity contribution >= 4 is 0 Å². The summed E-state index contributed by atoms with van der Waals surface area (Å²) in [6, 6.07) is 2.36. The number of rotatable bonds is 8. The molecule has 6 heteroatoms. The van der Waals surface area contributed by atoms with E-state index in [2.05, 4.69) is 24.3 Å². The highest BCUT2D eigenvalue weighted by Crippen LogP contribution is 2.16. The monoisotopic (exact) mass is 291 g/mol. The minimum Gasteiger partial charge on any atom is -0.308 e. The Morgan fingerprint density at radius 3 is 2.50 bits per heavy atom. The third-order valence-electron chi connectivity index (χ3n) is 3.36. The van der Waals surface area contributed by atoms with Crippen LogP contribution in [0.1, 0.15) is 45.3 Å². The van der Waals surface area contributed by atoms with Gasteiger partial charge < -0.3 is 5.32 Å². The minimum absolute atomic E-state index is 0.127. The van der Waals surface area contributed by atoms with Crippen molar-refractivity contribution in [3.05, 3.63) is 18.0 Å².